The van der Waals surface area contributed by atoms with Crippen LogP contribution in [0.3, 0.4) is 0 Å². The molecule has 1 fully saturated rings. The van der Waals surface area contributed by atoms with Crippen LogP contribution in [-0.2, 0) is 16.1 Å². The first kappa shape index (κ1) is 21.0. The van der Waals surface area contributed by atoms with Crippen LogP contribution in [0.1, 0.15) is 12.8 Å². The van der Waals surface area contributed by atoms with Crippen LogP contribution in [0.2, 0.25) is 0 Å². The van der Waals surface area contributed by atoms with Crippen molar-refractivity contribution in [3.63, 3.8) is 0 Å². The Morgan fingerprint density at radius 1 is 1.23 bits per heavy atom. The largest absolute Gasteiger partial charge is 0.376 e. The molecule has 1 unspecified atom stereocenters. The minimum atomic E-state index is -0.132. The molecule has 2 aromatic carbocycles. The molecule has 1 atom stereocenters. The third-order valence-electron chi connectivity index (χ3n) is 4.95. The van der Waals surface area contributed by atoms with E-state index in [1.165, 1.54) is 11.8 Å². The summed E-state index contributed by atoms with van der Waals surface area (Å²) in [5.41, 5.74) is 1.34. The SMILES string of the molecule is CSc1ccccc1NC(=O)CSc1nc2ccccc2c(=O)n1CC1CCCO1. The van der Waals surface area contributed by atoms with Gasteiger partial charge in [-0.3, -0.25) is 14.2 Å². The molecule has 8 heteroatoms. The molecule has 0 bridgehead atoms. The Labute approximate surface area is 183 Å². The predicted molar refractivity (Wildman–Crippen MR) is 123 cm³/mol. The smallest absolute Gasteiger partial charge is 0.262 e. The van der Waals surface area contributed by atoms with Gasteiger partial charge < -0.3 is 10.1 Å². The van der Waals surface area contributed by atoms with Crippen molar-refractivity contribution in [1.29, 1.82) is 0 Å². The molecule has 3 aromatic rings. The highest BCUT2D eigenvalue weighted by molar-refractivity contribution is 7.99. The fourth-order valence-electron chi connectivity index (χ4n) is 3.48. The summed E-state index contributed by atoms with van der Waals surface area (Å²) in [6, 6.07) is 15.0. The van der Waals surface area contributed by atoms with Crippen molar-refractivity contribution in [1.82, 2.24) is 9.55 Å². The summed E-state index contributed by atoms with van der Waals surface area (Å²) in [4.78, 5) is 31.4. The number of carbonyl (C=O) groups excluding carboxylic acids is 1. The Hall–Kier alpha value is -2.29. The van der Waals surface area contributed by atoms with Crippen LogP contribution in [-0.4, -0.2) is 40.2 Å². The average Bonchev–Trinajstić information content (AvgIpc) is 3.28. The Morgan fingerprint density at radius 3 is 2.83 bits per heavy atom. The summed E-state index contributed by atoms with van der Waals surface area (Å²) in [6.45, 7) is 1.18. The van der Waals surface area contributed by atoms with E-state index in [2.05, 4.69) is 10.3 Å². The zero-order valence-electron chi connectivity index (χ0n) is 16.7. The Kier molecular flexibility index (Phi) is 6.76. The van der Waals surface area contributed by atoms with E-state index < -0.39 is 0 Å². The number of fused-ring (bicyclic) bond motifs is 1. The lowest BCUT2D eigenvalue weighted by Crippen LogP contribution is -2.29. The number of carbonyl (C=O) groups is 1. The van der Waals surface area contributed by atoms with Crippen molar-refractivity contribution in [2.24, 2.45) is 0 Å². The van der Waals surface area contributed by atoms with E-state index in [0.717, 1.165) is 30.0 Å². The molecule has 0 spiro atoms. The number of anilines is 1. The number of nitrogens with one attached hydrogen (secondary N) is 1. The molecule has 30 heavy (non-hydrogen) atoms. The van der Waals surface area contributed by atoms with Gasteiger partial charge in [0.1, 0.15) is 0 Å². The molecule has 2 heterocycles. The molecule has 156 valence electrons. The highest BCUT2D eigenvalue weighted by atomic mass is 32.2. The van der Waals surface area contributed by atoms with Crippen molar-refractivity contribution in [2.75, 3.05) is 23.9 Å². The van der Waals surface area contributed by atoms with Crippen molar-refractivity contribution in [2.45, 2.75) is 35.5 Å². The fourth-order valence-corrected chi connectivity index (χ4v) is 4.84. The van der Waals surface area contributed by atoms with Gasteiger partial charge in [0.15, 0.2) is 5.16 Å². The number of hydrogen-bond donors (Lipinski definition) is 1. The molecule has 1 aromatic heterocycles. The second-order valence-corrected chi connectivity index (χ2v) is 8.79. The summed E-state index contributed by atoms with van der Waals surface area (Å²) in [6.07, 6.45) is 3.91. The molecule has 1 aliphatic rings. The number of thioether (sulfide) groups is 2. The zero-order chi connectivity index (χ0) is 20.9. The molecule has 0 aliphatic carbocycles. The van der Waals surface area contributed by atoms with Crippen LogP contribution < -0.4 is 10.9 Å². The molecule has 1 N–H and O–H groups in total. The normalized spacial score (nSPS) is 16.1. The highest BCUT2D eigenvalue weighted by Crippen LogP contribution is 2.25. The molecule has 0 saturated carbocycles. The van der Waals surface area contributed by atoms with Crippen molar-refractivity contribution in [3.8, 4) is 0 Å². The summed E-state index contributed by atoms with van der Waals surface area (Å²) >= 11 is 2.86. The lowest BCUT2D eigenvalue weighted by Gasteiger charge is -2.16. The Balaban J connectivity index is 1.56. The standard InChI is InChI=1S/C22H23N3O3S2/c1-29-19-11-5-4-10-18(19)23-20(26)14-30-22-24-17-9-3-2-8-16(17)21(27)25(22)13-15-7-6-12-28-15/h2-5,8-11,15H,6-7,12-14H2,1H3,(H,23,26). The van der Waals surface area contributed by atoms with Gasteiger partial charge in [-0.25, -0.2) is 4.98 Å². The average molecular weight is 442 g/mol. The van der Waals surface area contributed by atoms with Gasteiger partial charge in [-0.1, -0.05) is 36.0 Å². The van der Waals surface area contributed by atoms with Gasteiger partial charge in [-0.05, 0) is 43.4 Å². The van der Waals surface area contributed by atoms with Crippen LogP contribution in [0.25, 0.3) is 10.9 Å². The van der Waals surface area contributed by atoms with Gasteiger partial charge in [0.25, 0.3) is 5.56 Å². The van der Waals surface area contributed by atoms with Gasteiger partial charge in [-0.15, -0.1) is 11.8 Å². The van der Waals surface area contributed by atoms with Crippen molar-refractivity contribution < 1.29 is 9.53 Å². The summed E-state index contributed by atoms with van der Waals surface area (Å²) in [5, 5.41) is 4.08. The number of hydrogen-bond acceptors (Lipinski definition) is 6. The minimum Gasteiger partial charge on any atom is -0.376 e. The summed E-state index contributed by atoms with van der Waals surface area (Å²) in [5.74, 6) is 0.0338. The molecule has 4 rings (SSSR count). The maximum Gasteiger partial charge on any atom is 0.262 e. The van der Waals surface area contributed by atoms with E-state index in [4.69, 9.17) is 4.74 Å². The van der Waals surface area contributed by atoms with Crippen LogP contribution in [0.4, 0.5) is 5.69 Å². The van der Waals surface area contributed by atoms with Crippen molar-refractivity contribution in [3.05, 3.63) is 58.9 Å². The third-order valence-corrected chi connectivity index (χ3v) is 6.72. The number of benzene rings is 2. The Bertz CT molecular complexity index is 1110. The monoisotopic (exact) mass is 441 g/mol. The second-order valence-electron chi connectivity index (χ2n) is 7.00. The number of ether oxygens (including phenoxy) is 1. The lowest BCUT2D eigenvalue weighted by molar-refractivity contribution is -0.113. The molecule has 6 nitrogen and oxygen atoms in total. The maximum atomic E-state index is 13.1. The van der Waals surface area contributed by atoms with Crippen LogP contribution in [0.5, 0.6) is 0 Å². The second kappa shape index (κ2) is 9.68. The van der Waals surface area contributed by atoms with Gasteiger partial charge in [0, 0.05) is 11.5 Å². The third kappa shape index (κ3) is 4.71. The van der Waals surface area contributed by atoms with E-state index in [0.29, 0.717) is 22.6 Å². The molecule has 1 amide bonds. The van der Waals surface area contributed by atoms with E-state index >= 15 is 0 Å². The van der Waals surface area contributed by atoms with E-state index in [1.807, 2.05) is 48.7 Å². The van der Waals surface area contributed by atoms with Crippen LogP contribution in [0.15, 0.2) is 63.4 Å². The first-order chi connectivity index (χ1) is 14.7. The molecule has 1 aliphatic heterocycles. The highest BCUT2D eigenvalue weighted by Gasteiger charge is 2.20. The van der Waals surface area contributed by atoms with Gasteiger partial charge >= 0.3 is 0 Å². The number of amides is 1. The molecule has 1 saturated heterocycles. The van der Waals surface area contributed by atoms with E-state index in [-0.39, 0.29) is 23.3 Å². The number of para-hydroxylation sites is 2. The van der Waals surface area contributed by atoms with Gasteiger partial charge in [0.2, 0.25) is 5.91 Å². The Morgan fingerprint density at radius 2 is 2.03 bits per heavy atom. The summed E-state index contributed by atoms with van der Waals surface area (Å²) < 4.78 is 7.39. The fraction of sp³-hybridized carbons (Fsp3) is 0.318. The van der Waals surface area contributed by atoms with Gasteiger partial charge in [-0.2, -0.15) is 0 Å². The van der Waals surface area contributed by atoms with Crippen LogP contribution >= 0.6 is 23.5 Å². The number of rotatable bonds is 7. The number of aromatic nitrogens is 2. The van der Waals surface area contributed by atoms with E-state index in [1.54, 1.807) is 22.4 Å². The van der Waals surface area contributed by atoms with Crippen LogP contribution in [0, 0.1) is 0 Å². The molecule has 0 radical (unpaired) electrons. The van der Waals surface area contributed by atoms with Crippen molar-refractivity contribution >= 4 is 46.0 Å². The topological polar surface area (TPSA) is 73.2 Å². The lowest BCUT2D eigenvalue weighted by atomic mass is 10.2. The van der Waals surface area contributed by atoms with E-state index in [9.17, 15) is 9.59 Å². The summed E-state index contributed by atoms with van der Waals surface area (Å²) in [7, 11) is 0. The molecular formula is C22H23N3O3S2. The molecular weight excluding hydrogens is 418 g/mol. The predicted octanol–water partition coefficient (Wildman–Crippen LogP) is 4.03. The zero-order valence-corrected chi connectivity index (χ0v) is 18.3. The number of nitrogens with zero attached hydrogens (tertiary/aromatic N) is 2. The minimum absolute atomic E-state index is 0.00675. The van der Waals surface area contributed by atoms with Gasteiger partial charge in [0.05, 0.1) is 35.0 Å². The first-order valence-electron chi connectivity index (χ1n) is 9.82. The maximum absolute atomic E-state index is 13.1. The first-order valence-corrected chi connectivity index (χ1v) is 12.0. The quantitative estimate of drug-likeness (QED) is 0.441.